The van der Waals surface area contributed by atoms with Crippen molar-refractivity contribution in [1.82, 2.24) is 5.32 Å². The minimum absolute atomic E-state index is 0.0261. The van der Waals surface area contributed by atoms with E-state index in [2.05, 4.69) is 37.4 Å². The number of thioether (sulfide) groups is 1. The van der Waals surface area contributed by atoms with Gasteiger partial charge in [-0.15, -0.1) is 11.8 Å². The highest BCUT2D eigenvalue weighted by Crippen LogP contribution is 2.20. The maximum Gasteiger partial charge on any atom is 0.230 e. The van der Waals surface area contributed by atoms with Crippen LogP contribution in [0.25, 0.3) is 0 Å². The second-order valence-electron chi connectivity index (χ2n) is 4.94. The first kappa shape index (κ1) is 15.9. The zero-order chi connectivity index (χ0) is 15.2. The predicted molar refractivity (Wildman–Crippen MR) is 89.9 cm³/mol. The van der Waals surface area contributed by atoms with Gasteiger partial charge in [-0.05, 0) is 54.8 Å². The molecule has 2 aromatic carbocycles. The van der Waals surface area contributed by atoms with Crippen LogP contribution in [0.3, 0.4) is 0 Å². The molecule has 0 spiro atoms. The standard InChI is InChI=1S/C17H18ClNOS/c1-12-6-7-16(8-13(12)2)21-11-17(20)19-10-14-4-3-5-15(18)9-14/h3-9H,10-11H2,1-2H3,(H,19,20). The number of hydrogen-bond donors (Lipinski definition) is 1. The molecule has 0 unspecified atom stereocenters. The van der Waals surface area contributed by atoms with E-state index >= 15 is 0 Å². The summed E-state index contributed by atoms with van der Waals surface area (Å²) in [5.41, 5.74) is 3.52. The molecule has 0 aliphatic heterocycles. The topological polar surface area (TPSA) is 29.1 Å². The van der Waals surface area contributed by atoms with Crippen LogP contribution in [0.1, 0.15) is 16.7 Å². The molecular formula is C17H18ClNOS. The van der Waals surface area contributed by atoms with Crippen LogP contribution >= 0.6 is 23.4 Å². The number of nitrogens with one attached hydrogen (secondary N) is 1. The molecule has 21 heavy (non-hydrogen) atoms. The summed E-state index contributed by atoms with van der Waals surface area (Å²) < 4.78 is 0. The molecule has 0 bridgehead atoms. The smallest absolute Gasteiger partial charge is 0.230 e. The summed E-state index contributed by atoms with van der Waals surface area (Å²) in [7, 11) is 0. The lowest BCUT2D eigenvalue weighted by atomic mass is 10.1. The summed E-state index contributed by atoms with van der Waals surface area (Å²) in [4.78, 5) is 13.0. The van der Waals surface area contributed by atoms with E-state index in [1.54, 1.807) is 11.8 Å². The van der Waals surface area contributed by atoms with Gasteiger partial charge in [-0.2, -0.15) is 0 Å². The minimum Gasteiger partial charge on any atom is -0.351 e. The second kappa shape index (κ2) is 7.53. The van der Waals surface area contributed by atoms with Crippen molar-refractivity contribution in [3.63, 3.8) is 0 Å². The summed E-state index contributed by atoms with van der Waals surface area (Å²) in [6.07, 6.45) is 0. The Hall–Kier alpha value is -1.45. The molecule has 0 aromatic heterocycles. The third-order valence-electron chi connectivity index (χ3n) is 3.23. The number of halogens is 1. The Kier molecular flexibility index (Phi) is 5.71. The lowest BCUT2D eigenvalue weighted by Crippen LogP contribution is -2.24. The maximum atomic E-state index is 11.9. The van der Waals surface area contributed by atoms with Crippen LogP contribution in [-0.2, 0) is 11.3 Å². The Morgan fingerprint density at radius 3 is 2.67 bits per heavy atom. The van der Waals surface area contributed by atoms with Gasteiger partial charge >= 0.3 is 0 Å². The number of rotatable bonds is 5. The van der Waals surface area contributed by atoms with Gasteiger partial charge in [-0.1, -0.05) is 29.8 Å². The van der Waals surface area contributed by atoms with E-state index in [0.29, 0.717) is 17.3 Å². The highest BCUT2D eigenvalue weighted by Gasteiger charge is 2.04. The fourth-order valence-electron chi connectivity index (χ4n) is 1.85. The largest absolute Gasteiger partial charge is 0.351 e. The molecule has 0 fully saturated rings. The van der Waals surface area contributed by atoms with Crippen molar-refractivity contribution in [2.24, 2.45) is 0 Å². The van der Waals surface area contributed by atoms with Crippen molar-refractivity contribution in [1.29, 1.82) is 0 Å². The number of benzene rings is 2. The van der Waals surface area contributed by atoms with Crippen LogP contribution < -0.4 is 5.32 Å². The molecule has 2 nitrogen and oxygen atoms in total. The van der Waals surface area contributed by atoms with Gasteiger partial charge in [0.15, 0.2) is 0 Å². The third-order valence-corrected chi connectivity index (χ3v) is 4.46. The van der Waals surface area contributed by atoms with Gasteiger partial charge in [0.05, 0.1) is 5.75 Å². The van der Waals surface area contributed by atoms with E-state index < -0.39 is 0 Å². The molecule has 1 amide bonds. The van der Waals surface area contributed by atoms with Crippen LogP contribution in [0.5, 0.6) is 0 Å². The number of amides is 1. The van der Waals surface area contributed by atoms with Gasteiger partial charge in [0.25, 0.3) is 0 Å². The Labute approximate surface area is 134 Å². The molecule has 0 saturated heterocycles. The van der Waals surface area contributed by atoms with E-state index in [9.17, 15) is 4.79 Å². The van der Waals surface area contributed by atoms with Crippen molar-refractivity contribution in [3.8, 4) is 0 Å². The van der Waals surface area contributed by atoms with Crippen molar-refractivity contribution in [2.75, 3.05) is 5.75 Å². The van der Waals surface area contributed by atoms with Crippen molar-refractivity contribution < 1.29 is 4.79 Å². The van der Waals surface area contributed by atoms with Crippen LogP contribution in [-0.4, -0.2) is 11.7 Å². The van der Waals surface area contributed by atoms with Crippen LogP contribution in [0.4, 0.5) is 0 Å². The van der Waals surface area contributed by atoms with Crippen molar-refractivity contribution >= 4 is 29.3 Å². The average molecular weight is 320 g/mol. The minimum atomic E-state index is 0.0261. The first-order valence-corrected chi connectivity index (χ1v) is 8.12. The highest BCUT2D eigenvalue weighted by atomic mass is 35.5. The lowest BCUT2D eigenvalue weighted by Gasteiger charge is -2.07. The Morgan fingerprint density at radius 1 is 1.14 bits per heavy atom. The van der Waals surface area contributed by atoms with E-state index in [1.807, 2.05) is 24.3 Å². The van der Waals surface area contributed by atoms with Crippen LogP contribution in [0.15, 0.2) is 47.4 Å². The summed E-state index contributed by atoms with van der Waals surface area (Å²) in [5.74, 6) is 0.446. The van der Waals surface area contributed by atoms with Gasteiger partial charge in [-0.25, -0.2) is 0 Å². The lowest BCUT2D eigenvalue weighted by molar-refractivity contribution is -0.118. The van der Waals surface area contributed by atoms with E-state index in [4.69, 9.17) is 11.6 Å². The summed E-state index contributed by atoms with van der Waals surface area (Å²) in [6.45, 7) is 4.67. The highest BCUT2D eigenvalue weighted by molar-refractivity contribution is 8.00. The van der Waals surface area contributed by atoms with Crippen molar-refractivity contribution in [2.45, 2.75) is 25.3 Å². The van der Waals surface area contributed by atoms with Gasteiger partial charge in [-0.3, -0.25) is 4.79 Å². The Morgan fingerprint density at radius 2 is 1.95 bits per heavy atom. The van der Waals surface area contributed by atoms with Gasteiger partial charge in [0, 0.05) is 16.5 Å². The van der Waals surface area contributed by atoms with Gasteiger partial charge in [0.2, 0.25) is 5.91 Å². The first-order chi connectivity index (χ1) is 10.0. The quantitative estimate of drug-likeness (QED) is 0.829. The SMILES string of the molecule is Cc1ccc(SCC(=O)NCc2cccc(Cl)c2)cc1C. The monoisotopic (exact) mass is 319 g/mol. The molecule has 0 aliphatic rings. The molecule has 1 N–H and O–H groups in total. The Bertz CT molecular complexity index is 642. The van der Waals surface area contributed by atoms with Gasteiger partial charge < -0.3 is 5.32 Å². The fourth-order valence-corrected chi connectivity index (χ4v) is 2.89. The number of carbonyl (C=O) groups excluding carboxylic acids is 1. The maximum absolute atomic E-state index is 11.9. The first-order valence-electron chi connectivity index (χ1n) is 6.76. The zero-order valence-electron chi connectivity index (χ0n) is 12.2. The van der Waals surface area contributed by atoms with Crippen LogP contribution in [0.2, 0.25) is 5.02 Å². The molecule has 2 rings (SSSR count). The molecule has 0 aliphatic carbocycles. The summed E-state index contributed by atoms with van der Waals surface area (Å²) >= 11 is 7.46. The third kappa shape index (κ3) is 5.10. The molecule has 0 atom stereocenters. The van der Waals surface area contributed by atoms with Crippen LogP contribution in [0, 0.1) is 13.8 Å². The number of aryl methyl sites for hydroxylation is 2. The summed E-state index contributed by atoms with van der Waals surface area (Å²) in [5, 5.41) is 3.59. The van der Waals surface area contributed by atoms with Crippen molar-refractivity contribution in [3.05, 3.63) is 64.2 Å². The molecule has 2 aromatic rings. The molecule has 110 valence electrons. The Balaban J connectivity index is 1.80. The molecule has 0 radical (unpaired) electrons. The summed E-state index contributed by atoms with van der Waals surface area (Å²) in [6, 6.07) is 13.8. The second-order valence-corrected chi connectivity index (χ2v) is 6.43. The number of hydrogen-bond acceptors (Lipinski definition) is 2. The van der Waals surface area contributed by atoms with Gasteiger partial charge in [0.1, 0.15) is 0 Å². The normalized spacial score (nSPS) is 10.4. The molecule has 0 saturated carbocycles. The molecule has 4 heteroatoms. The average Bonchev–Trinajstić information content (AvgIpc) is 2.46. The van der Waals surface area contributed by atoms with E-state index in [1.165, 1.54) is 11.1 Å². The predicted octanol–water partition coefficient (Wildman–Crippen LogP) is 4.37. The zero-order valence-corrected chi connectivity index (χ0v) is 13.7. The van der Waals surface area contributed by atoms with E-state index in [-0.39, 0.29) is 5.91 Å². The number of carbonyl (C=O) groups is 1. The van der Waals surface area contributed by atoms with E-state index in [0.717, 1.165) is 10.5 Å². The molecular weight excluding hydrogens is 302 g/mol. The molecule has 0 heterocycles. The fraction of sp³-hybridized carbons (Fsp3) is 0.235.